The maximum absolute atomic E-state index is 13.3. The highest BCUT2D eigenvalue weighted by Crippen LogP contribution is 2.26. The maximum Gasteiger partial charge on any atom is 0.255 e. The lowest BCUT2D eigenvalue weighted by Gasteiger charge is -2.10. The molecule has 1 aromatic carbocycles. The predicted molar refractivity (Wildman–Crippen MR) is 61.6 cm³/mol. The molecule has 0 radical (unpaired) electrons. The predicted octanol–water partition coefficient (Wildman–Crippen LogP) is 2.52. The second kappa shape index (κ2) is 6.58. The highest BCUT2D eigenvalue weighted by atomic mass is 79.9. The molecule has 3 nitrogen and oxygen atoms in total. The number of rotatable bonds is 5. The number of anilines is 1. The van der Waals surface area contributed by atoms with Crippen molar-refractivity contribution in [2.75, 3.05) is 18.4 Å². The summed E-state index contributed by atoms with van der Waals surface area (Å²) in [6, 6.07) is 1.66. The van der Waals surface area contributed by atoms with Gasteiger partial charge in [-0.2, -0.15) is 0 Å². The number of carbonyl (C=O) groups excluding carboxylic acids is 1. The molecule has 8 heteroatoms. The Labute approximate surface area is 109 Å². The summed E-state index contributed by atoms with van der Waals surface area (Å²) in [4.78, 5) is 11.1. The average Bonchev–Trinajstić information content (AvgIpc) is 2.24. The second-order valence-electron chi connectivity index (χ2n) is 3.29. The summed E-state index contributed by atoms with van der Waals surface area (Å²) in [6.45, 7) is -1.17. The van der Waals surface area contributed by atoms with Crippen LogP contribution in [0.2, 0.25) is 0 Å². The summed E-state index contributed by atoms with van der Waals surface area (Å²) in [5.74, 6) is -2.37. The minimum absolute atomic E-state index is 0.0988. The molecule has 0 aliphatic rings. The van der Waals surface area contributed by atoms with Crippen molar-refractivity contribution in [3.8, 4) is 0 Å². The molecule has 1 aromatic rings. The van der Waals surface area contributed by atoms with Crippen molar-refractivity contribution in [2.24, 2.45) is 0 Å². The largest absolute Gasteiger partial charge is 0.373 e. The van der Waals surface area contributed by atoms with Crippen LogP contribution in [0.15, 0.2) is 16.6 Å². The van der Waals surface area contributed by atoms with Gasteiger partial charge in [0.2, 0.25) is 5.91 Å². The van der Waals surface area contributed by atoms with Crippen LogP contribution in [0, 0.1) is 11.6 Å². The van der Waals surface area contributed by atoms with Gasteiger partial charge in [-0.25, -0.2) is 17.6 Å². The Morgan fingerprint density at radius 2 is 2.00 bits per heavy atom. The normalized spacial score (nSPS) is 10.6. The van der Waals surface area contributed by atoms with Crippen LogP contribution in [0.3, 0.4) is 0 Å². The van der Waals surface area contributed by atoms with Crippen LogP contribution < -0.4 is 10.6 Å². The van der Waals surface area contributed by atoms with Crippen molar-refractivity contribution < 1.29 is 22.4 Å². The zero-order chi connectivity index (χ0) is 13.7. The van der Waals surface area contributed by atoms with Gasteiger partial charge >= 0.3 is 0 Å². The molecule has 0 unspecified atom stereocenters. The zero-order valence-corrected chi connectivity index (χ0v) is 10.5. The van der Waals surface area contributed by atoms with Crippen LogP contribution in [0.25, 0.3) is 0 Å². The Bertz CT molecular complexity index is 419. The van der Waals surface area contributed by atoms with Gasteiger partial charge < -0.3 is 10.6 Å². The van der Waals surface area contributed by atoms with Gasteiger partial charge in [0.05, 0.1) is 18.8 Å². The van der Waals surface area contributed by atoms with E-state index < -0.39 is 37.1 Å². The highest BCUT2D eigenvalue weighted by molar-refractivity contribution is 9.10. The minimum atomic E-state index is -2.65. The summed E-state index contributed by atoms with van der Waals surface area (Å²) in [5.41, 5.74) is -0.108. The molecule has 1 rings (SSSR count). The van der Waals surface area contributed by atoms with Crippen LogP contribution in [0.1, 0.15) is 0 Å². The van der Waals surface area contributed by atoms with Gasteiger partial charge in [0, 0.05) is 10.5 Å². The van der Waals surface area contributed by atoms with E-state index in [9.17, 15) is 22.4 Å². The number of benzene rings is 1. The third kappa shape index (κ3) is 4.52. The minimum Gasteiger partial charge on any atom is -0.373 e. The summed E-state index contributed by atoms with van der Waals surface area (Å²) < 4.78 is 49.7. The Balaban J connectivity index is 2.56. The van der Waals surface area contributed by atoms with E-state index in [0.29, 0.717) is 6.07 Å². The van der Waals surface area contributed by atoms with Gasteiger partial charge in [0.25, 0.3) is 6.43 Å². The smallest absolute Gasteiger partial charge is 0.255 e. The first kappa shape index (κ1) is 14.7. The van der Waals surface area contributed by atoms with Crippen LogP contribution in [-0.2, 0) is 4.79 Å². The molecule has 0 bridgehead atoms. The maximum atomic E-state index is 13.3. The molecule has 0 aliphatic carbocycles. The van der Waals surface area contributed by atoms with Crippen LogP contribution >= 0.6 is 15.9 Å². The lowest BCUT2D eigenvalue weighted by molar-refractivity contribution is -0.120. The number of hydrogen-bond acceptors (Lipinski definition) is 2. The van der Waals surface area contributed by atoms with Gasteiger partial charge in [-0.05, 0) is 22.0 Å². The average molecular weight is 329 g/mol. The van der Waals surface area contributed by atoms with E-state index in [1.54, 1.807) is 0 Å². The zero-order valence-electron chi connectivity index (χ0n) is 8.94. The molecule has 0 spiro atoms. The first-order valence-electron chi connectivity index (χ1n) is 4.83. The second-order valence-corrected chi connectivity index (χ2v) is 4.15. The molecular weight excluding hydrogens is 320 g/mol. The molecule has 0 saturated heterocycles. The Morgan fingerprint density at radius 1 is 1.33 bits per heavy atom. The van der Waals surface area contributed by atoms with Crippen molar-refractivity contribution in [1.29, 1.82) is 0 Å². The number of hydrogen-bond donors (Lipinski definition) is 2. The van der Waals surface area contributed by atoms with Crippen LogP contribution in [-0.4, -0.2) is 25.4 Å². The van der Waals surface area contributed by atoms with Gasteiger partial charge in [0.15, 0.2) is 0 Å². The molecule has 0 fully saturated rings. The van der Waals surface area contributed by atoms with E-state index in [1.807, 2.05) is 5.32 Å². The first-order valence-corrected chi connectivity index (χ1v) is 5.62. The summed E-state index contributed by atoms with van der Waals surface area (Å²) >= 11 is 2.92. The third-order valence-electron chi connectivity index (χ3n) is 1.89. The first-order chi connectivity index (χ1) is 8.40. The standard InChI is InChI=1S/C10H9BrF4N2O/c11-6-1-5(12)2-7(13)10(6)17-4-9(18)16-3-8(14)15/h1-2,8,17H,3-4H2,(H,16,18). The van der Waals surface area contributed by atoms with Gasteiger partial charge in [0.1, 0.15) is 11.6 Å². The SMILES string of the molecule is O=C(CNc1c(F)cc(F)cc1Br)NCC(F)F. The molecule has 0 aromatic heterocycles. The Morgan fingerprint density at radius 3 is 2.56 bits per heavy atom. The molecule has 2 N–H and O–H groups in total. The number of alkyl halides is 2. The fourth-order valence-electron chi connectivity index (χ4n) is 1.13. The van der Waals surface area contributed by atoms with Crippen molar-refractivity contribution >= 4 is 27.5 Å². The van der Waals surface area contributed by atoms with Gasteiger partial charge in [-0.15, -0.1) is 0 Å². The molecular formula is C10H9BrF4N2O. The van der Waals surface area contributed by atoms with E-state index in [2.05, 4.69) is 21.2 Å². The van der Waals surface area contributed by atoms with E-state index in [1.165, 1.54) is 0 Å². The number of halogens is 5. The lowest BCUT2D eigenvalue weighted by atomic mass is 10.3. The van der Waals surface area contributed by atoms with Crippen molar-refractivity contribution in [3.63, 3.8) is 0 Å². The van der Waals surface area contributed by atoms with E-state index >= 15 is 0 Å². The lowest BCUT2D eigenvalue weighted by Crippen LogP contribution is -2.33. The highest BCUT2D eigenvalue weighted by Gasteiger charge is 2.11. The molecule has 0 saturated carbocycles. The van der Waals surface area contributed by atoms with Gasteiger partial charge in [-0.1, -0.05) is 0 Å². The Hall–Kier alpha value is -1.31. The molecule has 18 heavy (non-hydrogen) atoms. The fraction of sp³-hybridized carbons (Fsp3) is 0.300. The molecule has 0 aliphatic heterocycles. The third-order valence-corrected chi connectivity index (χ3v) is 2.51. The van der Waals surface area contributed by atoms with Crippen LogP contribution in [0.4, 0.5) is 23.2 Å². The summed E-state index contributed by atoms with van der Waals surface area (Å²) in [7, 11) is 0. The summed E-state index contributed by atoms with van der Waals surface area (Å²) in [5, 5.41) is 4.33. The molecule has 1 amide bonds. The van der Waals surface area contributed by atoms with E-state index in [0.717, 1.165) is 6.07 Å². The molecule has 100 valence electrons. The van der Waals surface area contributed by atoms with E-state index in [-0.39, 0.29) is 10.2 Å². The number of carbonyl (C=O) groups is 1. The Kier molecular flexibility index (Phi) is 5.39. The number of amides is 1. The molecule has 0 heterocycles. The van der Waals surface area contributed by atoms with Crippen molar-refractivity contribution in [2.45, 2.75) is 6.43 Å². The van der Waals surface area contributed by atoms with E-state index in [4.69, 9.17) is 0 Å². The monoisotopic (exact) mass is 328 g/mol. The quantitative estimate of drug-likeness (QED) is 0.815. The van der Waals surface area contributed by atoms with Crippen molar-refractivity contribution in [1.82, 2.24) is 5.32 Å². The van der Waals surface area contributed by atoms with Crippen molar-refractivity contribution in [3.05, 3.63) is 28.2 Å². The topological polar surface area (TPSA) is 41.1 Å². The van der Waals surface area contributed by atoms with Gasteiger partial charge in [-0.3, -0.25) is 4.79 Å². The molecule has 0 atom stereocenters. The number of nitrogens with one attached hydrogen (secondary N) is 2. The fourth-order valence-corrected chi connectivity index (χ4v) is 1.68. The van der Waals surface area contributed by atoms with Crippen LogP contribution in [0.5, 0.6) is 0 Å². The summed E-state index contributed by atoms with van der Waals surface area (Å²) in [6.07, 6.45) is -2.65.